The van der Waals surface area contributed by atoms with Gasteiger partial charge < -0.3 is 14.1 Å². The van der Waals surface area contributed by atoms with Gasteiger partial charge in [0.15, 0.2) is 0 Å². The molecule has 27 heavy (non-hydrogen) atoms. The van der Waals surface area contributed by atoms with Crippen molar-refractivity contribution in [1.29, 1.82) is 0 Å². The van der Waals surface area contributed by atoms with Crippen molar-refractivity contribution in [3.05, 3.63) is 35.1 Å². The highest BCUT2D eigenvalue weighted by atomic mass is 16.5. The lowest BCUT2D eigenvalue weighted by Crippen LogP contribution is -2.41. The number of hydrogen-bond acceptors (Lipinski definition) is 3. The molecule has 1 fully saturated rings. The van der Waals surface area contributed by atoms with Gasteiger partial charge in [-0.3, -0.25) is 4.79 Å². The number of benzene rings is 1. The van der Waals surface area contributed by atoms with Crippen LogP contribution in [0.3, 0.4) is 0 Å². The molecule has 1 atom stereocenters. The molecule has 0 N–H and O–H groups in total. The number of aryl methyl sites for hydroxylation is 2. The Kier molecular flexibility index (Phi) is 4.98. The summed E-state index contributed by atoms with van der Waals surface area (Å²) in [7, 11) is 1.68. The lowest BCUT2D eigenvalue weighted by atomic mass is 9.94. The van der Waals surface area contributed by atoms with Crippen molar-refractivity contribution in [2.45, 2.75) is 64.8 Å². The second-order valence-electron chi connectivity index (χ2n) is 7.96. The van der Waals surface area contributed by atoms with Crippen molar-refractivity contribution in [2.24, 2.45) is 0 Å². The van der Waals surface area contributed by atoms with Gasteiger partial charge in [0.25, 0.3) is 0 Å². The molecule has 1 aromatic carbocycles. The molecule has 1 saturated heterocycles. The summed E-state index contributed by atoms with van der Waals surface area (Å²) < 4.78 is 11.7. The number of fused-ring (bicyclic) bond motifs is 3. The fourth-order valence-corrected chi connectivity index (χ4v) is 4.54. The summed E-state index contributed by atoms with van der Waals surface area (Å²) in [5.74, 6) is 1.99. The Labute approximate surface area is 161 Å². The van der Waals surface area contributed by atoms with E-state index in [4.69, 9.17) is 9.15 Å². The molecule has 0 saturated carbocycles. The first-order chi connectivity index (χ1) is 13.1. The van der Waals surface area contributed by atoms with Gasteiger partial charge in [0.1, 0.15) is 17.1 Å². The van der Waals surface area contributed by atoms with Gasteiger partial charge in [0.2, 0.25) is 5.91 Å². The van der Waals surface area contributed by atoms with Crippen LogP contribution in [0.25, 0.3) is 16.5 Å². The van der Waals surface area contributed by atoms with E-state index >= 15 is 0 Å². The molecule has 0 radical (unpaired) electrons. The minimum Gasteiger partial charge on any atom is -0.496 e. The number of amides is 1. The Bertz CT molecular complexity index is 893. The van der Waals surface area contributed by atoms with Crippen LogP contribution in [0.4, 0.5) is 0 Å². The van der Waals surface area contributed by atoms with Crippen LogP contribution < -0.4 is 4.74 Å². The smallest absolute Gasteiger partial charge is 0.247 e. The Morgan fingerprint density at radius 2 is 2.04 bits per heavy atom. The number of likely N-dealkylation sites (tertiary alicyclic amines) is 1. The SMILES string of the molecule is COc1cc2oc3c(c2cc1/C(C)=C/C(=O)N1CCCCC1C)CCCC3. The number of allylic oxidation sites excluding steroid dienone is 1. The summed E-state index contributed by atoms with van der Waals surface area (Å²) in [6, 6.07) is 4.45. The lowest BCUT2D eigenvalue weighted by Gasteiger charge is -2.32. The van der Waals surface area contributed by atoms with Crippen LogP contribution in [-0.4, -0.2) is 30.5 Å². The van der Waals surface area contributed by atoms with E-state index in [1.54, 1.807) is 13.2 Å². The van der Waals surface area contributed by atoms with Crippen LogP contribution in [-0.2, 0) is 17.6 Å². The minimum atomic E-state index is 0.107. The molecular formula is C23H29NO3. The molecular weight excluding hydrogens is 338 g/mol. The number of carbonyl (C=O) groups is 1. The third-order valence-corrected chi connectivity index (χ3v) is 6.13. The third kappa shape index (κ3) is 3.38. The number of hydrogen-bond donors (Lipinski definition) is 0. The first-order valence-corrected chi connectivity index (χ1v) is 10.2. The van der Waals surface area contributed by atoms with E-state index < -0.39 is 0 Å². The summed E-state index contributed by atoms with van der Waals surface area (Å²) >= 11 is 0. The maximum atomic E-state index is 12.8. The number of ether oxygens (including phenoxy) is 1. The Balaban J connectivity index is 1.71. The van der Waals surface area contributed by atoms with Crippen LogP contribution in [0.2, 0.25) is 0 Å². The molecule has 4 rings (SSSR count). The van der Waals surface area contributed by atoms with Crippen LogP contribution in [0.1, 0.15) is 62.8 Å². The number of rotatable bonds is 3. The molecule has 1 amide bonds. The molecule has 0 spiro atoms. The van der Waals surface area contributed by atoms with Crippen molar-refractivity contribution < 1.29 is 13.9 Å². The van der Waals surface area contributed by atoms with Gasteiger partial charge in [-0.1, -0.05) is 0 Å². The zero-order chi connectivity index (χ0) is 19.0. The average molecular weight is 367 g/mol. The zero-order valence-corrected chi connectivity index (χ0v) is 16.6. The normalized spacial score (nSPS) is 20.6. The van der Waals surface area contributed by atoms with Gasteiger partial charge in [-0.2, -0.15) is 0 Å². The van der Waals surface area contributed by atoms with Gasteiger partial charge >= 0.3 is 0 Å². The number of piperidine rings is 1. The van der Waals surface area contributed by atoms with Crippen molar-refractivity contribution in [3.63, 3.8) is 0 Å². The summed E-state index contributed by atoms with van der Waals surface area (Å²) in [4.78, 5) is 14.8. The number of methoxy groups -OCH3 is 1. The molecule has 1 aromatic heterocycles. The molecule has 1 aliphatic carbocycles. The first-order valence-electron chi connectivity index (χ1n) is 10.2. The summed E-state index contributed by atoms with van der Waals surface area (Å²) in [5.41, 5.74) is 4.16. The highest BCUT2D eigenvalue weighted by Crippen LogP contribution is 2.38. The molecule has 4 heteroatoms. The highest BCUT2D eigenvalue weighted by molar-refractivity contribution is 5.97. The Hall–Kier alpha value is -2.23. The maximum absolute atomic E-state index is 12.8. The fraction of sp³-hybridized carbons (Fsp3) is 0.522. The molecule has 2 aromatic rings. The van der Waals surface area contributed by atoms with Gasteiger partial charge in [-0.25, -0.2) is 0 Å². The fourth-order valence-electron chi connectivity index (χ4n) is 4.54. The standard InChI is InChI=1S/C23H29NO3/c1-15(12-23(25)24-11-7-6-8-16(24)2)18-13-19-17-9-4-5-10-20(17)27-22(19)14-21(18)26-3/h12-14,16H,4-11H2,1-3H3/b15-12+. The molecule has 0 bridgehead atoms. The van der Waals surface area contributed by atoms with E-state index in [0.29, 0.717) is 6.04 Å². The van der Waals surface area contributed by atoms with E-state index in [2.05, 4.69) is 13.0 Å². The summed E-state index contributed by atoms with van der Waals surface area (Å²) in [6.07, 6.45) is 9.67. The monoisotopic (exact) mass is 367 g/mol. The predicted octanol–water partition coefficient (Wildman–Crippen LogP) is 5.12. The molecule has 1 unspecified atom stereocenters. The van der Waals surface area contributed by atoms with Crippen molar-refractivity contribution >= 4 is 22.4 Å². The van der Waals surface area contributed by atoms with E-state index in [-0.39, 0.29) is 5.91 Å². The quantitative estimate of drug-likeness (QED) is 0.707. The second kappa shape index (κ2) is 7.41. The van der Waals surface area contributed by atoms with Gasteiger partial charge in [-0.05, 0) is 64.0 Å². The van der Waals surface area contributed by atoms with Gasteiger partial charge in [0, 0.05) is 47.7 Å². The van der Waals surface area contributed by atoms with E-state index in [1.165, 1.54) is 30.2 Å². The van der Waals surface area contributed by atoms with Gasteiger partial charge in [-0.15, -0.1) is 0 Å². The van der Waals surface area contributed by atoms with E-state index in [0.717, 1.165) is 60.5 Å². The molecule has 2 heterocycles. The van der Waals surface area contributed by atoms with Crippen molar-refractivity contribution in [1.82, 2.24) is 4.90 Å². The minimum absolute atomic E-state index is 0.107. The second-order valence-corrected chi connectivity index (χ2v) is 7.96. The highest BCUT2D eigenvalue weighted by Gasteiger charge is 2.23. The first kappa shape index (κ1) is 18.1. The van der Waals surface area contributed by atoms with E-state index in [9.17, 15) is 4.79 Å². The largest absolute Gasteiger partial charge is 0.496 e. The molecule has 1 aliphatic heterocycles. The molecule has 4 nitrogen and oxygen atoms in total. The predicted molar refractivity (Wildman–Crippen MR) is 108 cm³/mol. The summed E-state index contributed by atoms with van der Waals surface area (Å²) in [6.45, 7) is 5.00. The van der Waals surface area contributed by atoms with Crippen molar-refractivity contribution in [3.8, 4) is 5.75 Å². The Morgan fingerprint density at radius 1 is 1.22 bits per heavy atom. The van der Waals surface area contributed by atoms with Crippen molar-refractivity contribution in [2.75, 3.05) is 13.7 Å². The van der Waals surface area contributed by atoms with Crippen LogP contribution in [0, 0.1) is 0 Å². The Morgan fingerprint density at radius 3 is 2.81 bits per heavy atom. The number of carbonyl (C=O) groups excluding carboxylic acids is 1. The number of furan rings is 1. The van der Waals surface area contributed by atoms with Crippen LogP contribution in [0.5, 0.6) is 5.75 Å². The molecule has 2 aliphatic rings. The lowest BCUT2D eigenvalue weighted by molar-refractivity contribution is -0.129. The topological polar surface area (TPSA) is 42.7 Å². The summed E-state index contributed by atoms with van der Waals surface area (Å²) in [5, 5.41) is 1.17. The zero-order valence-electron chi connectivity index (χ0n) is 16.6. The maximum Gasteiger partial charge on any atom is 0.247 e. The van der Waals surface area contributed by atoms with Gasteiger partial charge in [0.05, 0.1) is 7.11 Å². The molecule has 144 valence electrons. The third-order valence-electron chi connectivity index (χ3n) is 6.13. The number of nitrogens with zero attached hydrogens (tertiary/aromatic N) is 1. The van der Waals surface area contributed by atoms with Crippen LogP contribution >= 0.6 is 0 Å². The van der Waals surface area contributed by atoms with Crippen LogP contribution in [0.15, 0.2) is 22.6 Å². The van der Waals surface area contributed by atoms with E-state index in [1.807, 2.05) is 17.9 Å². The average Bonchev–Trinajstić information content (AvgIpc) is 3.04.